The standard InChI is InChI=1S/C12H11ClN2O2/c13-11-9-4-2-1-3-8(9)10(7-15-11)12(17)14-5-6-16/h1-4,7,16H,5-6H2,(H,14,17). The number of pyridine rings is 1. The maximum Gasteiger partial charge on any atom is 0.253 e. The minimum Gasteiger partial charge on any atom is -0.395 e. The lowest BCUT2D eigenvalue weighted by Crippen LogP contribution is -2.26. The summed E-state index contributed by atoms with van der Waals surface area (Å²) in [4.78, 5) is 15.8. The average Bonchev–Trinajstić information content (AvgIpc) is 2.37. The Morgan fingerprint density at radius 3 is 2.76 bits per heavy atom. The van der Waals surface area contributed by atoms with E-state index in [1.54, 1.807) is 0 Å². The van der Waals surface area contributed by atoms with Crippen LogP contribution in [0.5, 0.6) is 0 Å². The van der Waals surface area contributed by atoms with Crippen molar-refractivity contribution >= 4 is 28.3 Å². The summed E-state index contributed by atoms with van der Waals surface area (Å²) in [5.41, 5.74) is 0.457. The lowest BCUT2D eigenvalue weighted by Gasteiger charge is -2.07. The van der Waals surface area contributed by atoms with Crippen LogP contribution in [0.25, 0.3) is 10.8 Å². The molecule has 2 rings (SSSR count). The van der Waals surface area contributed by atoms with Crippen LogP contribution in [-0.2, 0) is 0 Å². The molecule has 0 aliphatic rings. The van der Waals surface area contributed by atoms with Gasteiger partial charge in [0, 0.05) is 18.1 Å². The summed E-state index contributed by atoms with van der Waals surface area (Å²) < 4.78 is 0. The van der Waals surface area contributed by atoms with E-state index in [1.165, 1.54) is 6.20 Å². The number of aliphatic hydroxyl groups excluding tert-OH is 1. The summed E-state index contributed by atoms with van der Waals surface area (Å²) in [5.74, 6) is -0.264. The number of carbonyl (C=O) groups is 1. The van der Waals surface area contributed by atoms with Gasteiger partial charge in [0.25, 0.3) is 5.91 Å². The molecule has 1 heterocycles. The first-order chi connectivity index (χ1) is 8.24. The van der Waals surface area contributed by atoms with Gasteiger partial charge in [-0.3, -0.25) is 4.79 Å². The molecule has 0 unspecified atom stereocenters. The fourth-order valence-corrected chi connectivity index (χ4v) is 1.82. The number of hydrogen-bond acceptors (Lipinski definition) is 3. The molecule has 1 aromatic heterocycles. The molecule has 4 nitrogen and oxygen atoms in total. The van der Waals surface area contributed by atoms with Crippen molar-refractivity contribution in [1.29, 1.82) is 0 Å². The van der Waals surface area contributed by atoms with Gasteiger partial charge in [-0.2, -0.15) is 0 Å². The van der Waals surface area contributed by atoms with E-state index in [0.29, 0.717) is 10.7 Å². The number of amides is 1. The van der Waals surface area contributed by atoms with E-state index in [4.69, 9.17) is 16.7 Å². The highest BCUT2D eigenvalue weighted by Crippen LogP contribution is 2.23. The van der Waals surface area contributed by atoms with Crippen LogP contribution < -0.4 is 5.32 Å². The summed E-state index contributed by atoms with van der Waals surface area (Å²) >= 11 is 5.96. The third kappa shape index (κ3) is 2.38. The predicted octanol–water partition coefficient (Wildman–Crippen LogP) is 1.61. The Hall–Kier alpha value is -1.65. The fourth-order valence-electron chi connectivity index (χ4n) is 1.60. The molecule has 1 aromatic carbocycles. The maximum absolute atomic E-state index is 11.8. The van der Waals surface area contributed by atoms with Crippen molar-refractivity contribution in [2.45, 2.75) is 0 Å². The maximum atomic E-state index is 11.8. The summed E-state index contributed by atoms with van der Waals surface area (Å²) in [6.07, 6.45) is 1.44. The number of fused-ring (bicyclic) bond motifs is 1. The van der Waals surface area contributed by atoms with Crippen molar-refractivity contribution in [1.82, 2.24) is 10.3 Å². The van der Waals surface area contributed by atoms with Crippen LogP contribution in [0.1, 0.15) is 10.4 Å². The SMILES string of the molecule is O=C(NCCO)c1cnc(Cl)c2ccccc12. The highest BCUT2D eigenvalue weighted by atomic mass is 35.5. The molecule has 2 aromatic rings. The van der Waals surface area contributed by atoms with Crippen molar-refractivity contribution in [3.05, 3.63) is 41.2 Å². The van der Waals surface area contributed by atoms with E-state index in [-0.39, 0.29) is 19.1 Å². The first kappa shape index (κ1) is 11.8. The van der Waals surface area contributed by atoms with Crippen LogP contribution >= 0.6 is 11.6 Å². The zero-order valence-corrected chi connectivity index (χ0v) is 9.74. The Bertz CT molecular complexity index is 557. The van der Waals surface area contributed by atoms with Crippen LogP contribution in [0.4, 0.5) is 0 Å². The van der Waals surface area contributed by atoms with Crippen molar-refractivity contribution in [3.63, 3.8) is 0 Å². The molecule has 2 N–H and O–H groups in total. The van der Waals surface area contributed by atoms with Crippen LogP contribution in [0.3, 0.4) is 0 Å². The number of halogens is 1. The molecule has 0 saturated carbocycles. The molecule has 0 bridgehead atoms. The molecule has 0 spiro atoms. The van der Waals surface area contributed by atoms with Crippen molar-refractivity contribution < 1.29 is 9.90 Å². The largest absolute Gasteiger partial charge is 0.395 e. The zero-order chi connectivity index (χ0) is 12.3. The molecule has 5 heteroatoms. The minimum absolute atomic E-state index is 0.0926. The fraction of sp³-hybridized carbons (Fsp3) is 0.167. The molecule has 0 fully saturated rings. The summed E-state index contributed by atoms with van der Waals surface area (Å²) in [6, 6.07) is 7.30. The Labute approximate surface area is 103 Å². The van der Waals surface area contributed by atoms with E-state index in [0.717, 1.165) is 10.8 Å². The second kappa shape index (κ2) is 5.12. The lowest BCUT2D eigenvalue weighted by molar-refractivity contribution is 0.0946. The average molecular weight is 251 g/mol. The lowest BCUT2D eigenvalue weighted by atomic mass is 10.1. The summed E-state index contributed by atoms with van der Waals surface area (Å²) in [6.45, 7) is 0.125. The molecule has 1 amide bonds. The summed E-state index contributed by atoms with van der Waals surface area (Å²) in [5, 5.41) is 13.1. The third-order valence-corrected chi connectivity index (χ3v) is 2.69. The number of aliphatic hydroxyl groups is 1. The Morgan fingerprint density at radius 2 is 2.06 bits per heavy atom. The van der Waals surface area contributed by atoms with Crippen molar-refractivity contribution in [2.75, 3.05) is 13.2 Å². The molecule has 17 heavy (non-hydrogen) atoms. The minimum atomic E-state index is -0.264. The van der Waals surface area contributed by atoms with Gasteiger partial charge in [-0.05, 0) is 5.39 Å². The Balaban J connectivity index is 2.48. The van der Waals surface area contributed by atoms with Gasteiger partial charge in [0.1, 0.15) is 5.15 Å². The molecule has 0 aliphatic carbocycles. The molecule has 0 aliphatic heterocycles. The van der Waals surface area contributed by atoms with Crippen molar-refractivity contribution in [3.8, 4) is 0 Å². The quantitative estimate of drug-likeness (QED) is 0.814. The number of aromatic nitrogens is 1. The van der Waals surface area contributed by atoms with E-state index in [1.807, 2.05) is 24.3 Å². The van der Waals surface area contributed by atoms with Crippen LogP contribution in [0.2, 0.25) is 5.15 Å². The normalized spacial score (nSPS) is 10.5. The van der Waals surface area contributed by atoms with E-state index >= 15 is 0 Å². The monoisotopic (exact) mass is 250 g/mol. The highest BCUT2D eigenvalue weighted by molar-refractivity contribution is 6.34. The number of nitrogens with one attached hydrogen (secondary N) is 1. The third-order valence-electron chi connectivity index (χ3n) is 2.39. The van der Waals surface area contributed by atoms with Gasteiger partial charge >= 0.3 is 0 Å². The van der Waals surface area contributed by atoms with Gasteiger partial charge in [-0.1, -0.05) is 35.9 Å². The first-order valence-corrected chi connectivity index (χ1v) is 5.54. The highest BCUT2D eigenvalue weighted by Gasteiger charge is 2.11. The number of nitrogens with zero attached hydrogens (tertiary/aromatic N) is 1. The van der Waals surface area contributed by atoms with Gasteiger partial charge < -0.3 is 10.4 Å². The van der Waals surface area contributed by atoms with Gasteiger partial charge in [0.2, 0.25) is 0 Å². The first-order valence-electron chi connectivity index (χ1n) is 5.16. The number of hydrogen-bond donors (Lipinski definition) is 2. The second-order valence-corrected chi connectivity index (χ2v) is 3.85. The Morgan fingerprint density at radius 1 is 1.35 bits per heavy atom. The number of benzene rings is 1. The molecule has 0 saturated heterocycles. The molecular weight excluding hydrogens is 240 g/mol. The van der Waals surface area contributed by atoms with Crippen LogP contribution in [0.15, 0.2) is 30.5 Å². The van der Waals surface area contributed by atoms with Gasteiger partial charge in [0.15, 0.2) is 0 Å². The van der Waals surface area contributed by atoms with Crippen LogP contribution in [-0.4, -0.2) is 29.1 Å². The topological polar surface area (TPSA) is 62.2 Å². The molecular formula is C12H11ClN2O2. The molecule has 0 atom stereocenters. The predicted molar refractivity (Wildman–Crippen MR) is 66.2 cm³/mol. The van der Waals surface area contributed by atoms with E-state index < -0.39 is 0 Å². The van der Waals surface area contributed by atoms with E-state index in [9.17, 15) is 4.79 Å². The van der Waals surface area contributed by atoms with Crippen LogP contribution in [0, 0.1) is 0 Å². The number of carbonyl (C=O) groups excluding carboxylic acids is 1. The Kier molecular flexibility index (Phi) is 3.56. The zero-order valence-electron chi connectivity index (χ0n) is 8.98. The second-order valence-electron chi connectivity index (χ2n) is 3.49. The molecule has 0 radical (unpaired) electrons. The molecule has 88 valence electrons. The smallest absolute Gasteiger partial charge is 0.253 e. The van der Waals surface area contributed by atoms with Gasteiger partial charge in [-0.15, -0.1) is 0 Å². The number of rotatable bonds is 3. The van der Waals surface area contributed by atoms with Gasteiger partial charge in [-0.25, -0.2) is 4.98 Å². The van der Waals surface area contributed by atoms with Crippen molar-refractivity contribution in [2.24, 2.45) is 0 Å². The summed E-state index contributed by atoms with van der Waals surface area (Å²) in [7, 11) is 0. The van der Waals surface area contributed by atoms with E-state index in [2.05, 4.69) is 10.3 Å². The van der Waals surface area contributed by atoms with Gasteiger partial charge in [0.05, 0.1) is 12.2 Å².